The fourth-order valence-electron chi connectivity index (χ4n) is 3.44. The van der Waals surface area contributed by atoms with E-state index in [2.05, 4.69) is 13.5 Å². The van der Waals surface area contributed by atoms with Gasteiger partial charge in [-0.2, -0.15) is 0 Å². The highest BCUT2D eigenvalue weighted by Gasteiger charge is 2.35. The van der Waals surface area contributed by atoms with Crippen LogP contribution in [-0.2, 0) is 4.74 Å². The molecule has 1 N–H and O–H groups in total. The van der Waals surface area contributed by atoms with Gasteiger partial charge in [-0.1, -0.05) is 90.6 Å². The average Bonchev–Trinajstić information content (AvgIpc) is 2.90. The van der Waals surface area contributed by atoms with Crippen LogP contribution in [0.1, 0.15) is 96.8 Å². The lowest BCUT2D eigenvalue weighted by molar-refractivity contribution is -0.0452. The normalized spacial score (nSPS) is 21.6. The minimum Gasteiger partial charge on any atom is -0.393 e. The molecule has 1 fully saturated rings. The molecule has 0 aromatic rings. The third-order valence-corrected chi connectivity index (χ3v) is 4.93. The van der Waals surface area contributed by atoms with Gasteiger partial charge in [0, 0.05) is 6.42 Å². The van der Waals surface area contributed by atoms with E-state index in [1.165, 1.54) is 77.0 Å². The summed E-state index contributed by atoms with van der Waals surface area (Å²) in [5.74, 6) is 0. The largest absolute Gasteiger partial charge is 0.393 e. The Morgan fingerprint density at radius 1 is 0.909 bits per heavy atom. The van der Waals surface area contributed by atoms with Crippen LogP contribution in [0.15, 0.2) is 12.2 Å². The quantitative estimate of drug-likeness (QED) is 0.325. The van der Waals surface area contributed by atoms with E-state index in [1.807, 2.05) is 0 Å². The second kappa shape index (κ2) is 12.1. The van der Waals surface area contributed by atoms with Crippen LogP contribution < -0.4 is 0 Å². The first-order chi connectivity index (χ1) is 10.7. The number of hydrogen-bond acceptors (Lipinski definition) is 2. The van der Waals surface area contributed by atoms with Gasteiger partial charge in [-0.25, -0.2) is 0 Å². The van der Waals surface area contributed by atoms with Crippen molar-refractivity contribution in [1.82, 2.24) is 0 Å². The lowest BCUT2D eigenvalue weighted by atomic mass is 9.92. The summed E-state index contributed by atoms with van der Waals surface area (Å²) in [6, 6.07) is 0. The summed E-state index contributed by atoms with van der Waals surface area (Å²) >= 11 is 0. The summed E-state index contributed by atoms with van der Waals surface area (Å²) in [4.78, 5) is 0. The first kappa shape index (κ1) is 19.7. The van der Waals surface area contributed by atoms with E-state index in [0.29, 0.717) is 6.61 Å². The van der Waals surface area contributed by atoms with Crippen molar-refractivity contribution >= 4 is 0 Å². The van der Waals surface area contributed by atoms with Crippen molar-refractivity contribution < 1.29 is 9.84 Å². The summed E-state index contributed by atoms with van der Waals surface area (Å²) < 4.78 is 5.75. The van der Waals surface area contributed by atoms with Gasteiger partial charge in [0.05, 0.1) is 18.8 Å². The molecule has 1 aliphatic rings. The van der Waals surface area contributed by atoms with Crippen LogP contribution in [0.4, 0.5) is 0 Å². The maximum Gasteiger partial charge on any atom is 0.0954 e. The first-order valence-corrected chi connectivity index (χ1v) is 9.64. The van der Waals surface area contributed by atoms with E-state index in [-0.39, 0.29) is 12.2 Å². The highest BCUT2D eigenvalue weighted by atomic mass is 16.5. The summed E-state index contributed by atoms with van der Waals surface area (Å²) in [6.07, 6.45) is 18.3. The minimum absolute atomic E-state index is 0.143. The van der Waals surface area contributed by atoms with Crippen molar-refractivity contribution in [3.05, 3.63) is 12.2 Å². The molecule has 1 rings (SSSR count). The van der Waals surface area contributed by atoms with Crippen molar-refractivity contribution in [1.29, 1.82) is 0 Å². The highest BCUT2D eigenvalue weighted by molar-refractivity contribution is 5.08. The van der Waals surface area contributed by atoms with Crippen molar-refractivity contribution in [3.8, 4) is 0 Å². The number of aliphatic hydroxyl groups excluding tert-OH is 1. The van der Waals surface area contributed by atoms with Crippen molar-refractivity contribution in [2.75, 3.05) is 13.2 Å². The highest BCUT2D eigenvalue weighted by Crippen LogP contribution is 2.33. The van der Waals surface area contributed by atoms with Gasteiger partial charge in [-0.15, -0.1) is 0 Å². The zero-order chi connectivity index (χ0) is 16.1. The number of hydrogen-bond donors (Lipinski definition) is 1. The lowest BCUT2D eigenvalue weighted by Crippen LogP contribution is -2.32. The molecule has 1 atom stereocenters. The Hall–Kier alpha value is -0.340. The van der Waals surface area contributed by atoms with Gasteiger partial charge in [0.1, 0.15) is 0 Å². The molecule has 22 heavy (non-hydrogen) atoms. The molecule has 0 amide bonds. The van der Waals surface area contributed by atoms with Crippen molar-refractivity contribution in [2.24, 2.45) is 0 Å². The summed E-state index contributed by atoms with van der Waals surface area (Å²) in [6.45, 7) is 7.03. The molecule has 130 valence electrons. The molecule has 0 spiro atoms. The van der Waals surface area contributed by atoms with Crippen LogP contribution in [0.2, 0.25) is 0 Å². The Labute approximate surface area is 138 Å². The number of rotatable bonds is 14. The molecular weight excluding hydrogens is 272 g/mol. The fraction of sp³-hybridized carbons (Fsp3) is 0.900. The average molecular weight is 311 g/mol. The van der Waals surface area contributed by atoms with E-state index in [9.17, 15) is 5.11 Å². The summed E-state index contributed by atoms with van der Waals surface area (Å²) in [7, 11) is 0. The molecule has 1 aliphatic heterocycles. The van der Waals surface area contributed by atoms with Crippen LogP contribution >= 0.6 is 0 Å². The summed E-state index contributed by atoms with van der Waals surface area (Å²) in [5, 5.41) is 9.55. The Kier molecular flexibility index (Phi) is 10.9. The molecule has 0 aromatic heterocycles. The molecule has 1 heterocycles. The lowest BCUT2D eigenvalue weighted by Gasteiger charge is -2.25. The van der Waals surface area contributed by atoms with Gasteiger partial charge in [0.25, 0.3) is 0 Å². The second-order valence-corrected chi connectivity index (χ2v) is 7.20. The van der Waals surface area contributed by atoms with E-state index >= 15 is 0 Å². The maximum atomic E-state index is 9.55. The van der Waals surface area contributed by atoms with E-state index in [1.54, 1.807) is 0 Å². The molecule has 0 bridgehead atoms. The molecule has 0 aromatic carbocycles. The van der Waals surface area contributed by atoms with Gasteiger partial charge in [-0.05, 0) is 12.0 Å². The predicted octanol–water partition coefficient (Wildman–Crippen LogP) is 5.79. The number of ether oxygens (including phenoxy) is 1. The van der Waals surface area contributed by atoms with E-state index < -0.39 is 0 Å². The third-order valence-electron chi connectivity index (χ3n) is 4.93. The maximum absolute atomic E-state index is 9.55. The van der Waals surface area contributed by atoms with E-state index in [0.717, 1.165) is 18.4 Å². The standard InChI is InChI=1S/C20H38O2/c1-3-4-5-6-7-8-9-10-11-12-13-14-15-20(18-21)16-19(2)17-22-20/h21H,2-18H2,1H3/t20-/m0/s1. The van der Waals surface area contributed by atoms with Crippen molar-refractivity contribution in [2.45, 2.75) is 102 Å². The molecule has 2 heteroatoms. The number of unbranched alkanes of at least 4 members (excludes halogenated alkanes) is 11. The second-order valence-electron chi connectivity index (χ2n) is 7.20. The molecule has 0 aliphatic carbocycles. The van der Waals surface area contributed by atoms with Gasteiger partial charge in [0.2, 0.25) is 0 Å². The topological polar surface area (TPSA) is 29.5 Å². The SMILES string of the molecule is C=C1CO[C@@](CO)(CCCCCCCCCCCCCC)C1. The van der Waals surface area contributed by atoms with Crippen LogP contribution in [-0.4, -0.2) is 23.9 Å². The molecule has 0 unspecified atom stereocenters. The van der Waals surface area contributed by atoms with Crippen LogP contribution in [0, 0.1) is 0 Å². The minimum atomic E-state index is -0.296. The smallest absolute Gasteiger partial charge is 0.0954 e. The Bertz CT molecular complexity index is 287. The monoisotopic (exact) mass is 310 g/mol. The van der Waals surface area contributed by atoms with Gasteiger partial charge < -0.3 is 9.84 Å². The van der Waals surface area contributed by atoms with Crippen LogP contribution in [0.3, 0.4) is 0 Å². The third kappa shape index (κ3) is 8.33. The van der Waals surface area contributed by atoms with Gasteiger partial charge >= 0.3 is 0 Å². The Morgan fingerprint density at radius 3 is 1.82 bits per heavy atom. The molecule has 0 saturated carbocycles. The van der Waals surface area contributed by atoms with Crippen LogP contribution in [0.5, 0.6) is 0 Å². The molecular formula is C20H38O2. The first-order valence-electron chi connectivity index (χ1n) is 9.64. The Balaban J connectivity index is 1.86. The zero-order valence-corrected chi connectivity index (χ0v) is 14.9. The van der Waals surface area contributed by atoms with Crippen LogP contribution in [0.25, 0.3) is 0 Å². The Morgan fingerprint density at radius 2 is 1.41 bits per heavy atom. The molecule has 0 radical (unpaired) electrons. The summed E-state index contributed by atoms with van der Waals surface area (Å²) in [5.41, 5.74) is 0.836. The van der Waals surface area contributed by atoms with Gasteiger partial charge in [-0.3, -0.25) is 0 Å². The van der Waals surface area contributed by atoms with Gasteiger partial charge in [0.15, 0.2) is 0 Å². The van der Waals surface area contributed by atoms with E-state index in [4.69, 9.17) is 4.74 Å². The molecule has 1 saturated heterocycles. The predicted molar refractivity (Wildman–Crippen MR) is 95.2 cm³/mol. The van der Waals surface area contributed by atoms with Crippen molar-refractivity contribution in [3.63, 3.8) is 0 Å². The number of aliphatic hydroxyl groups is 1. The fourth-order valence-corrected chi connectivity index (χ4v) is 3.44. The zero-order valence-electron chi connectivity index (χ0n) is 14.9. The molecule has 2 nitrogen and oxygen atoms in total.